The van der Waals surface area contributed by atoms with Crippen molar-refractivity contribution in [2.24, 2.45) is 5.41 Å². The molecule has 0 N–H and O–H groups in total. The minimum atomic E-state index is -0.334. The minimum absolute atomic E-state index is 0.135. The van der Waals surface area contributed by atoms with Crippen LogP contribution in [0.2, 0.25) is 0 Å². The number of hydrogen-bond donors (Lipinski definition) is 0. The summed E-state index contributed by atoms with van der Waals surface area (Å²) in [6.07, 6.45) is 1.90. The van der Waals surface area contributed by atoms with Crippen LogP contribution in [0.3, 0.4) is 0 Å². The van der Waals surface area contributed by atoms with Crippen LogP contribution in [0.15, 0.2) is 24.3 Å². The van der Waals surface area contributed by atoms with Crippen LogP contribution in [0.25, 0.3) is 0 Å². The Balaban J connectivity index is 1.88. The summed E-state index contributed by atoms with van der Waals surface area (Å²) in [5, 5.41) is 0. The van der Waals surface area contributed by atoms with Crippen molar-refractivity contribution < 1.29 is 9.18 Å². The van der Waals surface area contributed by atoms with Crippen molar-refractivity contribution in [1.29, 1.82) is 0 Å². The molecule has 0 saturated carbocycles. The van der Waals surface area contributed by atoms with E-state index >= 15 is 0 Å². The van der Waals surface area contributed by atoms with Crippen LogP contribution in [-0.4, -0.2) is 41.9 Å². The summed E-state index contributed by atoms with van der Waals surface area (Å²) in [5.41, 5.74) is 0.416. The summed E-state index contributed by atoms with van der Waals surface area (Å²) in [4.78, 5) is 16.5. The first-order valence-electron chi connectivity index (χ1n) is 8.02. The zero-order valence-corrected chi connectivity index (χ0v) is 14.1. The Kier molecular flexibility index (Phi) is 5.22. The fourth-order valence-electron chi connectivity index (χ4n) is 3.03. The number of halogens is 1. The average molecular weight is 306 g/mol. The second-order valence-corrected chi connectivity index (χ2v) is 7.26. The Morgan fingerprint density at radius 3 is 2.41 bits per heavy atom. The lowest BCUT2D eigenvalue weighted by atomic mass is 9.92. The van der Waals surface area contributed by atoms with Crippen molar-refractivity contribution in [3.8, 4) is 0 Å². The minimum Gasteiger partial charge on any atom is -0.342 e. The normalized spacial score (nSPS) is 17.5. The second-order valence-electron chi connectivity index (χ2n) is 7.26. The van der Waals surface area contributed by atoms with E-state index in [1.807, 2.05) is 44.9 Å². The van der Waals surface area contributed by atoms with E-state index in [2.05, 4.69) is 4.90 Å². The number of carbonyl (C=O) groups excluding carboxylic acids is 1. The third kappa shape index (κ3) is 4.07. The molecule has 1 aliphatic rings. The third-order valence-corrected chi connectivity index (χ3v) is 4.42. The van der Waals surface area contributed by atoms with E-state index < -0.39 is 0 Å². The topological polar surface area (TPSA) is 23.6 Å². The first-order chi connectivity index (χ1) is 10.3. The molecule has 0 spiro atoms. The molecule has 4 heteroatoms. The van der Waals surface area contributed by atoms with Gasteiger partial charge in [0.05, 0.1) is 0 Å². The Hall–Kier alpha value is -1.42. The SMILES string of the molecule is CN(C(=O)C(C)(C)C)C1CCN(Cc2ccccc2F)CC1. The first-order valence-corrected chi connectivity index (χ1v) is 8.02. The van der Waals surface area contributed by atoms with Crippen molar-refractivity contribution >= 4 is 5.91 Å². The van der Waals surface area contributed by atoms with Gasteiger partial charge in [-0.25, -0.2) is 4.39 Å². The van der Waals surface area contributed by atoms with Crippen LogP contribution in [0.5, 0.6) is 0 Å². The molecule has 1 saturated heterocycles. The molecule has 0 bridgehead atoms. The third-order valence-electron chi connectivity index (χ3n) is 4.42. The number of rotatable bonds is 3. The molecule has 2 rings (SSSR count). The summed E-state index contributed by atoms with van der Waals surface area (Å²) >= 11 is 0. The molecule has 22 heavy (non-hydrogen) atoms. The zero-order valence-electron chi connectivity index (χ0n) is 14.1. The second kappa shape index (κ2) is 6.78. The van der Waals surface area contributed by atoms with Gasteiger partial charge in [0, 0.05) is 43.7 Å². The van der Waals surface area contributed by atoms with E-state index in [4.69, 9.17) is 0 Å². The van der Waals surface area contributed by atoms with Crippen LogP contribution in [0.1, 0.15) is 39.2 Å². The van der Waals surface area contributed by atoms with E-state index in [0.29, 0.717) is 12.6 Å². The van der Waals surface area contributed by atoms with E-state index in [9.17, 15) is 9.18 Å². The molecule has 1 aliphatic heterocycles. The van der Waals surface area contributed by atoms with Gasteiger partial charge in [0.1, 0.15) is 5.82 Å². The Morgan fingerprint density at radius 1 is 1.27 bits per heavy atom. The number of benzene rings is 1. The quantitative estimate of drug-likeness (QED) is 0.855. The van der Waals surface area contributed by atoms with Crippen LogP contribution in [0, 0.1) is 11.2 Å². The van der Waals surface area contributed by atoms with Gasteiger partial charge in [-0.05, 0) is 18.9 Å². The molecular formula is C18H27FN2O. The molecule has 1 fully saturated rings. The number of amides is 1. The summed E-state index contributed by atoms with van der Waals surface area (Å²) in [6, 6.07) is 7.25. The molecule has 1 aromatic carbocycles. The number of likely N-dealkylation sites (tertiary alicyclic amines) is 1. The van der Waals surface area contributed by atoms with Gasteiger partial charge in [-0.15, -0.1) is 0 Å². The van der Waals surface area contributed by atoms with Gasteiger partial charge in [0.25, 0.3) is 0 Å². The molecule has 1 heterocycles. The summed E-state index contributed by atoms with van der Waals surface area (Å²) in [7, 11) is 1.91. The van der Waals surface area contributed by atoms with Crippen molar-refractivity contribution in [1.82, 2.24) is 9.80 Å². The summed E-state index contributed by atoms with van der Waals surface area (Å²) in [6.45, 7) is 8.33. The highest BCUT2D eigenvalue weighted by Gasteiger charge is 2.31. The van der Waals surface area contributed by atoms with Gasteiger partial charge in [-0.1, -0.05) is 39.0 Å². The van der Waals surface area contributed by atoms with Gasteiger partial charge < -0.3 is 4.90 Å². The summed E-state index contributed by atoms with van der Waals surface area (Å²) in [5.74, 6) is 0.0599. The van der Waals surface area contributed by atoms with Crippen LogP contribution < -0.4 is 0 Å². The Labute approximate surface area is 133 Å². The fraction of sp³-hybridized carbons (Fsp3) is 0.611. The molecule has 0 atom stereocenters. The monoisotopic (exact) mass is 306 g/mol. The molecule has 0 unspecified atom stereocenters. The first kappa shape index (κ1) is 16.9. The van der Waals surface area contributed by atoms with Crippen LogP contribution >= 0.6 is 0 Å². The average Bonchev–Trinajstić information content (AvgIpc) is 2.48. The maximum absolute atomic E-state index is 13.7. The number of hydrogen-bond acceptors (Lipinski definition) is 2. The van der Waals surface area contributed by atoms with Gasteiger partial charge in [0.2, 0.25) is 5.91 Å². The van der Waals surface area contributed by atoms with Gasteiger partial charge in [0.15, 0.2) is 0 Å². The fourth-order valence-corrected chi connectivity index (χ4v) is 3.03. The molecule has 0 radical (unpaired) electrons. The molecule has 3 nitrogen and oxygen atoms in total. The lowest BCUT2D eigenvalue weighted by molar-refractivity contribution is -0.141. The molecule has 122 valence electrons. The lowest BCUT2D eigenvalue weighted by Crippen LogP contribution is -2.48. The highest BCUT2D eigenvalue weighted by atomic mass is 19.1. The van der Waals surface area contributed by atoms with Gasteiger partial charge >= 0.3 is 0 Å². The zero-order chi connectivity index (χ0) is 16.3. The molecular weight excluding hydrogens is 279 g/mol. The predicted octanol–water partition coefficient (Wildman–Crippen LogP) is 3.29. The molecule has 0 aromatic heterocycles. The van der Waals surface area contributed by atoms with Gasteiger partial charge in [-0.3, -0.25) is 9.69 Å². The molecule has 0 aliphatic carbocycles. The Bertz CT molecular complexity index is 516. The van der Waals surface area contributed by atoms with Crippen molar-refractivity contribution in [3.63, 3.8) is 0 Å². The largest absolute Gasteiger partial charge is 0.342 e. The van der Waals surface area contributed by atoms with E-state index in [1.54, 1.807) is 6.07 Å². The van der Waals surface area contributed by atoms with Crippen molar-refractivity contribution in [2.45, 2.75) is 46.2 Å². The van der Waals surface area contributed by atoms with E-state index in [0.717, 1.165) is 31.5 Å². The smallest absolute Gasteiger partial charge is 0.227 e. The van der Waals surface area contributed by atoms with E-state index in [-0.39, 0.29) is 17.1 Å². The van der Waals surface area contributed by atoms with Crippen LogP contribution in [0.4, 0.5) is 4.39 Å². The number of piperidine rings is 1. The lowest BCUT2D eigenvalue weighted by Gasteiger charge is -2.39. The van der Waals surface area contributed by atoms with Crippen molar-refractivity contribution in [2.75, 3.05) is 20.1 Å². The van der Waals surface area contributed by atoms with Crippen LogP contribution in [-0.2, 0) is 11.3 Å². The predicted molar refractivity (Wildman–Crippen MR) is 86.9 cm³/mol. The molecule has 1 aromatic rings. The van der Waals surface area contributed by atoms with E-state index in [1.165, 1.54) is 6.07 Å². The van der Waals surface area contributed by atoms with Gasteiger partial charge in [-0.2, -0.15) is 0 Å². The van der Waals surface area contributed by atoms with Crippen molar-refractivity contribution in [3.05, 3.63) is 35.6 Å². The Morgan fingerprint density at radius 2 is 1.86 bits per heavy atom. The number of carbonyl (C=O) groups is 1. The molecule has 1 amide bonds. The highest BCUT2D eigenvalue weighted by Crippen LogP contribution is 2.23. The maximum atomic E-state index is 13.7. The standard InChI is InChI=1S/C18H27FN2O/c1-18(2,3)17(22)20(4)15-9-11-21(12-10-15)13-14-7-5-6-8-16(14)19/h5-8,15H,9-13H2,1-4H3. The highest BCUT2D eigenvalue weighted by molar-refractivity contribution is 5.81. The number of nitrogens with zero attached hydrogens (tertiary/aromatic N) is 2. The maximum Gasteiger partial charge on any atom is 0.227 e. The summed E-state index contributed by atoms with van der Waals surface area (Å²) < 4.78 is 13.7.